The molecule has 0 saturated carbocycles. The lowest BCUT2D eigenvalue weighted by Crippen LogP contribution is -2.14. The van der Waals surface area contributed by atoms with E-state index in [-0.39, 0.29) is 5.91 Å². The summed E-state index contributed by atoms with van der Waals surface area (Å²) in [6, 6.07) is 12.1. The summed E-state index contributed by atoms with van der Waals surface area (Å²) in [7, 11) is 0. The third-order valence-electron chi connectivity index (χ3n) is 3.24. The smallest absolute Gasteiger partial charge is 0.259 e. The van der Waals surface area contributed by atoms with Crippen molar-refractivity contribution in [3.8, 4) is 11.4 Å². The molecule has 0 aliphatic rings. The largest absolute Gasteiger partial charge is 0.493 e. The van der Waals surface area contributed by atoms with Crippen molar-refractivity contribution in [1.82, 2.24) is 20.2 Å². The molecule has 122 valence electrons. The van der Waals surface area contributed by atoms with E-state index in [2.05, 4.69) is 20.8 Å². The van der Waals surface area contributed by atoms with Gasteiger partial charge in [-0.1, -0.05) is 23.7 Å². The number of carbonyl (C=O) groups is 1. The van der Waals surface area contributed by atoms with Gasteiger partial charge in [-0.25, -0.2) is 4.68 Å². The number of amides is 1. The van der Waals surface area contributed by atoms with Crippen molar-refractivity contribution in [3.63, 3.8) is 0 Å². The molecule has 3 aromatic rings. The highest BCUT2D eigenvalue weighted by Gasteiger charge is 2.14. The Morgan fingerprint density at radius 1 is 1.29 bits per heavy atom. The summed E-state index contributed by atoms with van der Waals surface area (Å²) in [4.78, 5) is 12.6. The molecule has 1 amide bonds. The van der Waals surface area contributed by atoms with Crippen molar-refractivity contribution in [2.45, 2.75) is 6.92 Å². The highest BCUT2D eigenvalue weighted by atomic mass is 35.5. The van der Waals surface area contributed by atoms with Crippen LogP contribution in [0.4, 0.5) is 5.69 Å². The molecule has 0 fully saturated rings. The minimum Gasteiger partial charge on any atom is -0.493 e. The fourth-order valence-corrected chi connectivity index (χ4v) is 2.32. The van der Waals surface area contributed by atoms with Crippen LogP contribution < -0.4 is 10.1 Å². The van der Waals surface area contributed by atoms with Gasteiger partial charge >= 0.3 is 0 Å². The summed E-state index contributed by atoms with van der Waals surface area (Å²) in [5, 5.41) is 14.2. The van der Waals surface area contributed by atoms with Crippen molar-refractivity contribution in [3.05, 3.63) is 59.4 Å². The first-order valence-corrected chi connectivity index (χ1v) is 7.63. The quantitative estimate of drug-likeness (QED) is 0.770. The van der Waals surface area contributed by atoms with Gasteiger partial charge in [0.1, 0.15) is 12.1 Å². The lowest BCUT2D eigenvalue weighted by Gasteiger charge is -2.12. The number of carbonyl (C=O) groups excluding carboxylic acids is 1. The summed E-state index contributed by atoms with van der Waals surface area (Å²) in [5.41, 5.74) is 1.57. The number of rotatable bonds is 5. The SMILES string of the molecule is CCOc1ccccc1C(=O)Nc1cc(-n2cnnn2)ccc1Cl. The molecule has 0 aliphatic carbocycles. The Hall–Kier alpha value is -2.93. The monoisotopic (exact) mass is 343 g/mol. The summed E-state index contributed by atoms with van der Waals surface area (Å²) >= 11 is 6.18. The van der Waals surface area contributed by atoms with Crippen LogP contribution in [0.25, 0.3) is 5.69 Å². The van der Waals surface area contributed by atoms with Crippen LogP contribution in [0.2, 0.25) is 5.02 Å². The summed E-state index contributed by atoms with van der Waals surface area (Å²) < 4.78 is 6.96. The number of tetrazole rings is 1. The lowest BCUT2D eigenvalue weighted by atomic mass is 10.1. The second kappa shape index (κ2) is 7.10. The van der Waals surface area contributed by atoms with E-state index < -0.39 is 0 Å². The molecule has 1 heterocycles. The van der Waals surface area contributed by atoms with Crippen LogP contribution in [-0.4, -0.2) is 32.7 Å². The summed E-state index contributed by atoms with van der Waals surface area (Å²) in [6.07, 6.45) is 1.46. The number of hydrogen-bond donors (Lipinski definition) is 1. The van der Waals surface area contributed by atoms with Crippen LogP contribution in [0.5, 0.6) is 5.75 Å². The van der Waals surface area contributed by atoms with E-state index in [4.69, 9.17) is 16.3 Å². The standard InChI is InChI=1S/C16H14ClN5O2/c1-2-24-15-6-4-3-5-12(15)16(23)19-14-9-11(7-8-13(14)17)22-10-18-20-21-22/h3-10H,2H2,1H3,(H,19,23). The second-order valence-corrected chi connectivity index (χ2v) is 5.21. The molecule has 8 heteroatoms. The van der Waals surface area contributed by atoms with Crippen molar-refractivity contribution in [2.24, 2.45) is 0 Å². The second-order valence-electron chi connectivity index (χ2n) is 4.80. The van der Waals surface area contributed by atoms with Gasteiger partial charge in [-0.2, -0.15) is 0 Å². The first-order chi connectivity index (χ1) is 11.7. The van der Waals surface area contributed by atoms with Crippen LogP contribution >= 0.6 is 11.6 Å². The van der Waals surface area contributed by atoms with Crippen LogP contribution in [-0.2, 0) is 0 Å². The highest BCUT2D eigenvalue weighted by Crippen LogP contribution is 2.26. The number of ether oxygens (including phenoxy) is 1. The maximum atomic E-state index is 12.6. The van der Waals surface area contributed by atoms with E-state index in [1.54, 1.807) is 36.4 Å². The Labute approximate surface area is 143 Å². The average molecular weight is 344 g/mol. The molecule has 7 nitrogen and oxygen atoms in total. The number of aromatic nitrogens is 4. The van der Waals surface area contributed by atoms with E-state index in [1.807, 2.05) is 13.0 Å². The zero-order valence-electron chi connectivity index (χ0n) is 12.8. The Morgan fingerprint density at radius 3 is 2.88 bits per heavy atom. The third-order valence-corrected chi connectivity index (χ3v) is 3.57. The zero-order valence-corrected chi connectivity index (χ0v) is 13.6. The van der Waals surface area contributed by atoms with Gasteiger partial charge in [0.05, 0.1) is 28.6 Å². The van der Waals surface area contributed by atoms with E-state index in [1.165, 1.54) is 11.0 Å². The average Bonchev–Trinajstić information content (AvgIpc) is 3.12. The minimum absolute atomic E-state index is 0.310. The number of halogens is 1. The molecule has 1 aromatic heterocycles. The molecule has 2 aromatic carbocycles. The fourth-order valence-electron chi connectivity index (χ4n) is 2.16. The molecule has 0 atom stereocenters. The summed E-state index contributed by atoms with van der Waals surface area (Å²) in [6.45, 7) is 2.33. The van der Waals surface area contributed by atoms with Gasteiger partial charge in [0.25, 0.3) is 5.91 Å². The molecule has 0 radical (unpaired) electrons. The first kappa shape index (κ1) is 15.9. The molecular weight excluding hydrogens is 330 g/mol. The predicted octanol–water partition coefficient (Wildman–Crippen LogP) is 2.97. The van der Waals surface area contributed by atoms with Gasteiger partial charge in [0, 0.05) is 0 Å². The highest BCUT2D eigenvalue weighted by molar-refractivity contribution is 6.34. The molecule has 0 aliphatic heterocycles. The Morgan fingerprint density at radius 2 is 2.12 bits per heavy atom. The Balaban J connectivity index is 1.88. The molecule has 0 unspecified atom stereocenters. The Kier molecular flexibility index (Phi) is 4.72. The number of hydrogen-bond acceptors (Lipinski definition) is 5. The van der Waals surface area contributed by atoms with Crippen molar-refractivity contribution in [2.75, 3.05) is 11.9 Å². The van der Waals surface area contributed by atoms with Crippen molar-refractivity contribution >= 4 is 23.2 Å². The van der Waals surface area contributed by atoms with Crippen LogP contribution in [0.15, 0.2) is 48.8 Å². The van der Waals surface area contributed by atoms with Crippen LogP contribution in [0, 0.1) is 0 Å². The van der Waals surface area contributed by atoms with Gasteiger partial charge in [-0.05, 0) is 47.7 Å². The predicted molar refractivity (Wildman–Crippen MR) is 89.7 cm³/mol. The molecule has 1 N–H and O–H groups in total. The van der Waals surface area contributed by atoms with Crippen LogP contribution in [0.1, 0.15) is 17.3 Å². The zero-order chi connectivity index (χ0) is 16.9. The minimum atomic E-state index is -0.310. The van der Waals surface area contributed by atoms with E-state index in [9.17, 15) is 4.79 Å². The van der Waals surface area contributed by atoms with Crippen LogP contribution in [0.3, 0.4) is 0 Å². The number of para-hydroxylation sites is 1. The van der Waals surface area contributed by atoms with Gasteiger partial charge in [0.15, 0.2) is 0 Å². The van der Waals surface area contributed by atoms with Crippen molar-refractivity contribution < 1.29 is 9.53 Å². The van der Waals surface area contributed by atoms with E-state index in [0.717, 1.165) is 0 Å². The molecule has 0 saturated heterocycles. The van der Waals surface area contributed by atoms with Gasteiger partial charge < -0.3 is 10.1 Å². The number of nitrogens with one attached hydrogen (secondary N) is 1. The third kappa shape index (κ3) is 3.36. The molecule has 24 heavy (non-hydrogen) atoms. The van der Waals surface area contributed by atoms with Crippen molar-refractivity contribution in [1.29, 1.82) is 0 Å². The maximum Gasteiger partial charge on any atom is 0.259 e. The molecule has 3 rings (SSSR count). The molecule has 0 bridgehead atoms. The fraction of sp³-hybridized carbons (Fsp3) is 0.125. The molecule has 0 spiro atoms. The van der Waals surface area contributed by atoms with Gasteiger partial charge in [0.2, 0.25) is 0 Å². The number of anilines is 1. The Bertz CT molecular complexity index is 851. The lowest BCUT2D eigenvalue weighted by molar-refractivity contribution is 0.102. The van der Waals surface area contributed by atoms with Gasteiger partial charge in [-0.15, -0.1) is 5.10 Å². The summed E-state index contributed by atoms with van der Waals surface area (Å²) in [5.74, 6) is 0.208. The van der Waals surface area contributed by atoms with E-state index in [0.29, 0.717) is 34.3 Å². The normalized spacial score (nSPS) is 10.4. The van der Waals surface area contributed by atoms with E-state index >= 15 is 0 Å². The van der Waals surface area contributed by atoms with Gasteiger partial charge in [-0.3, -0.25) is 4.79 Å². The topological polar surface area (TPSA) is 81.9 Å². The number of benzene rings is 2. The molecular formula is C16H14ClN5O2. The maximum absolute atomic E-state index is 12.6. The number of nitrogens with zero attached hydrogens (tertiary/aromatic N) is 4. The first-order valence-electron chi connectivity index (χ1n) is 7.25.